The van der Waals surface area contributed by atoms with Gasteiger partial charge in [-0.15, -0.1) is 0 Å². The van der Waals surface area contributed by atoms with Crippen molar-refractivity contribution in [2.75, 3.05) is 32.1 Å². The maximum atomic E-state index is 13.4. The van der Waals surface area contributed by atoms with E-state index in [9.17, 15) is 4.39 Å². The smallest absolute Gasteiger partial charge is 0.191 e. The molecule has 1 aliphatic heterocycles. The summed E-state index contributed by atoms with van der Waals surface area (Å²) >= 11 is 0. The molecule has 2 aromatic carbocycles. The molecular weight excluding hydrogens is 343 g/mol. The van der Waals surface area contributed by atoms with Crippen LogP contribution in [0.2, 0.25) is 0 Å². The molecule has 0 aromatic heterocycles. The van der Waals surface area contributed by atoms with Crippen LogP contribution in [-0.2, 0) is 6.54 Å². The van der Waals surface area contributed by atoms with Gasteiger partial charge in [0.05, 0.1) is 12.8 Å². The highest BCUT2D eigenvalue weighted by Gasteiger charge is 2.25. The molecule has 0 aliphatic carbocycles. The maximum Gasteiger partial charge on any atom is 0.191 e. The molecule has 1 heterocycles. The van der Waals surface area contributed by atoms with Crippen molar-refractivity contribution in [2.45, 2.75) is 25.9 Å². The second-order valence-corrected chi connectivity index (χ2v) is 6.76. The van der Waals surface area contributed by atoms with Crippen LogP contribution in [0.3, 0.4) is 0 Å². The van der Waals surface area contributed by atoms with Gasteiger partial charge in [-0.25, -0.2) is 4.39 Å². The van der Waals surface area contributed by atoms with E-state index in [4.69, 9.17) is 4.74 Å². The maximum absolute atomic E-state index is 13.4. The van der Waals surface area contributed by atoms with Crippen molar-refractivity contribution in [3.8, 4) is 5.75 Å². The van der Waals surface area contributed by atoms with Crippen molar-refractivity contribution in [2.24, 2.45) is 4.99 Å². The van der Waals surface area contributed by atoms with Crippen LogP contribution in [0, 0.1) is 12.7 Å². The summed E-state index contributed by atoms with van der Waals surface area (Å²) in [5.41, 5.74) is 2.80. The standard InChI is InChI=1S/C21H27FN4O/c1-15-12-16(8-9-18(15)22)13-24-21(23-2)25-17-10-11-26(14-17)19-6-4-5-7-20(19)27-3/h4-9,12,17H,10-11,13-14H2,1-3H3,(H2,23,24,25). The Balaban J connectivity index is 1.55. The van der Waals surface area contributed by atoms with E-state index in [0.29, 0.717) is 18.2 Å². The first-order valence-corrected chi connectivity index (χ1v) is 9.21. The number of anilines is 1. The van der Waals surface area contributed by atoms with Crippen LogP contribution in [-0.4, -0.2) is 39.2 Å². The molecular formula is C21H27FN4O. The highest BCUT2D eigenvalue weighted by molar-refractivity contribution is 5.80. The lowest BCUT2D eigenvalue weighted by Crippen LogP contribution is -2.44. The summed E-state index contributed by atoms with van der Waals surface area (Å²) in [5, 5.41) is 6.79. The molecule has 6 heteroatoms. The van der Waals surface area contributed by atoms with Gasteiger partial charge < -0.3 is 20.3 Å². The Hall–Kier alpha value is -2.76. The van der Waals surface area contributed by atoms with E-state index in [0.717, 1.165) is 42.5 Å². The fourth-order valence-corrected chi connectivity index (χ4v) is 3.38. The highest BCUT2D eigenvalue weighted by Crippen LogP contribution is 2.30. The Morgan fingerprint density at radius 2 is 2.11 bits per heavy atom. The summed E-state index contributed by atoms with van der Waals surface area (Å²) in [7, 11) is 3.46. The number of benzene rings is 2. The first-order valence-electron chi connectivity index (χ1n) is 9.21. The van der Waals surface area contributed by atoms with Gasteiger partial charge in [0.25, 0.3) is 0 Å². The Morgan fingerprint density at radius 3 is 2.85 bits per heavy atom. The van der Waals surface area contributed by atoms with Gasteiger partial charge in [-0.3, -0.25) is 4.99 Å². The Bertz CT molecular complexity index is 809. The molecule has 5 nitrogen and oxygen atoms in total. The molecule has 1 aliphatic rings. The van der Waals surface area contributed by atoms with Crippen LogP contribution in [0.5, 0.6) is 5.75 Å². The number of aliphatic imine (C=N–C) groups is 1. The second kappa shape index (κ2) is 8.75. The molecule has 1 fully saturated rings. The number of ether oxygens (including phenoxy) is 1. The minimum absolute atomic E-state index is 0.177. The van der Waals surface area contributed by atoms with Crippen molar-refractivity contribution in [3.63, 3.8) is 0 Å². The predicted molar refractivity (Wildman–Crippen MR) is 108 cm³/mol. The SMILES string of the molecule is CN=C(NCc1ccc(F)c(C)c1)NC1CCN(c2ccccc2OC)C1. The number of para-hydroxylation sites is 2. The van der Waals surface area contributed by atoms with E-state index in [1.807, 2.05) is 24.3 Å². The molecule has 27 heavy (non-hydrogen) atoms. The first kappa shape index (κ1) is 19.0. The molecule has 0 radical (unpaired) electrons. The van der Waals surface area contributed by atoms with Gasteiger partial charge in [0, 0.05) is 32.7 Å². The Kier molecular flexibility index (Phi) is 6.16. The molecule has 0 spiro atoms. The number of hydrogen-bond acceptors (Lipinski definition) is 3. The number of guanidine groups is 1. The zero-order chi connectivity index (χ0) is 19.2. The largest absolute Gasteiger partial charge is 0.495 e. The third kappa shape index (κ3) is 4.70. The molecule has 3 rings (SSSR count). The van der Waals surface area contributed by atoms with Crippen molar-refractivity contribution in [1.29, 1.82) is 0 Å². The van der Waals surface area contributed by atoms with Gasteiger partial charge in [0.15, 0.2) is 5.96 Å². The summed E-state index contributed by atoms with van der Waals surface area (Å²) in [6.07, 6.45) is 1.02. The van der Waals surface area contributed by atoms with E-state index in [-0.39, 0.29) is 5.82 Å². The molecule has 1 atom stereocenters. The summed E-state index contributed by atoms with van der Waals surface area (Å²) in [6, 6.07) is 13.5. The van der Waals surface area contributed by atoms with Crippen molar-refractivity contribution < 1.29 is 9.13 Å². The summed E-state index contributed by atoms with van der Waals surface area (Å²) in [5.74, 6) is 1.47. The van der Waals surface area contributed by atoms with Crippen molar-refractivity contribution in [1.82, 2.24) is 10.6 Å². The van der Waals surface area contributed by atoms with E-state index in [1.54, 1.807) is 27.1 Å². The molecule has 144 valence electrons. The van der Waals surface area contributed by atoms with Crippen LogP contribution in [0.4, 0.5) is 10.1 Å². The van der Waals surface area contributed by atoms with Crippen LogP contribution in [0.1, 0.15) is 17.5 Å². The number of halogens is 1. The average Bonchev–Trinajstić information content (AvgIpc) is 3.16. The van der Waals surface area contributed by atoms with Gasteiger partial charge in [0.2, 0.25) is 0 Å². The minimum atomic E-state index is -0.177. The minimum Gasteiger partial charge on any atom is -0.495 e. The highest BCUT2D eigenvalue weighted by atomic mass is 19.1. The predicted octanol–water partition coefficient (Wildman–Crippen LogP) is 3.09. The Morgan fingerprint density at radius 1 is 1.30 bits per heavy atom. The quantitative estimate of drug-likeness (QED) is 0.627. The van der Waals surface area contributed by atoms with Gasteiger partial charge >= 0.3 is 0 Å². The third-order valence-corrected chi connectivity index (χ3v) is 4.86. The number of hydrogen-bond donors (Lipinski definition) is 2. The zero-order valence-corrected chi connectivity index (χ0v) is 16.1. The van der Waals surface area contributed by atoms with Gasteiger partial charge in [-0.1, -0.05) is 24.3 Å². The molecule has 1 saturated heterocycles. The number of nitrogens with one attached hydrogen (secondary N) is 2. The molecule has 2 aromatic rings. The monoisotopic (exact) mass is 370 g/mol. The van der Waals surface area contributed by atoms with Crippen LogP contribution in [0.15, 0.2) is 47.5 Å². The van der Waals surface area contributed by atoms with E-state index >= 15 is 0 Å². The van der Waals surface area contributed by atoms with Gasteiger partial charge in [-0.2, -0.15) is 0 Å². The summed E-state index contributed by atoms with van der Waals surface area (Å²) < 4.78 is 18.9. The average molecular weight is 370 g/mol. The number of aryl methyl sites for hydroxylation is 1. The van der Waals surface area contributed by atoms with Crippen LogP contribution in [0.25, 0.3) is 0 Å². The lowest BCUT2D eigenvalue weighted by Gasteiger charge is -2.22. The molecule has 0 bridgehead atoms. The van der Waals surface area contributed by atoms with Crippen molar-refractivity contribution >= 4 is 11.6 Å². The summed E-state index contributed by atoms with van der Waals surface area (Å²) in [6.45, 7) is 4.23. The molecule has 2 N–H and O–H groups in total. The number of nitrogens with zero attached hydrogens (tertiary/aromatic N) is 2. The second-order valence-electron chi connectivity index (χ2n) is 6.76. The van der Waals surface area contributed by atoms with Crippen LogP contribution < -0.4 is 20.3 Å². The van der Waals surface area contributed by atoms with E-state index in [1.165, 1.54) is 6.07 Å². The summed E-state index contributed by atoms with van der Waals surface area (Å²) in [4.78, 5) is 6.64. The fourth-order valence-electron chi connectivity index (χ4n) is 3.38. The molecule has 0 saturated carbocycles. The van der Waals surface area contributed by atoms with E-state index in [2.05, 4.69) is 26.6 Å². The number of rotatable bonds is 5. The fraction of sp³-hybridized carbons (Fsp3) is 0.381. The zero-order valence-electron chi connectivity index (χ0n) is 16.1. The Labute approximate surface area is 160 Å². The molecule has 1 unspecified atom stereocenters. The van der Waals surface area contributed by atoms with Crippen LogP contribution >= 0.6 is 0 Å². The topological polar surface area (TPSA) is 48.9 Å². The third-order valence-electron chi connectivity index (χ3n) is 4.86. The number of methoxy groups -OCH3 is 1. The first-order chi connectivity index (χ1) is 13.1. The lowest BCUT2D eigenvalue weighted by atomic mass is 10.1. The lowest BCUT2D eigenvalue weighted by molar-refractivity contribution is 0.415. The molecule has 0 amide bonds. The van der Waals surface area contributed by atoms with Gasteiger partial charge in [-0.05, 0) is 42.7 Å². The normalized spacial score (nSPS) is 17.1. The van der Waals surface area contributed by atoms with Gasteiger partial charge in [0.1, 0.15) is 11.6 Å². The van der Waals surface area contributed by atoms with Crippen molar-refractivity contribution in [3.05, 3.63) is 59.4 Å². The van der Waals surface area contributed by atoms with E-state index < -0.39 is 0 Å².